The number of benzene rings is 2. The molecule has 1 atom stereocenters. The van der Waals surface area contributed by atoms with Crippen molar-refractivity contribution in [2.45, 2.75) is 64.8 Å². The summed E-state index contributed by atoms with van der Waals surface area (Å²) in [6, 6.07) is 17.8. The van der Waals surface area contributed by atoms with E-state index in [-0.39, 0.29) is 11.0 Å². The molecule has 0 radical (unpaired) electrons. The fourth-order valence-electron chi connectivity index (χ4n) is 4.60. The molecule has 1 aliphatic heterocycles. The van der Waals surface area contributed by atoms with Crippen molar-refractivity contribution in [1.82, 2.24) is 0 Å². The lowest BCUT2D eigenvalue weighted by molar-refractivity contribution is 0.444. The number of aryl methyl sites for hydroxylation is 1. The number of anilines is 1. The van der Waals surface area contributed by atoms with Gasteiger partial charge in [-0.2, -0.15) is 0 Å². The summed E-state index contributed by atoms with van der Waals surface area (Å²) in [6.07, 6.45) is 1.18. The highest BCUT2D eigenvalue weighted by molar-refractivity contribution is 5.64. The first-order valence-electron chi connectivity index (χ1n) is 9.17. The molecule has 0 bridgehead atoms. The second-order valence-electron chi connectivity index (χ2n) is 8.67. The predicted molar refractivity (Wildman–Crippen MR) is 105 cm³/mol. The lowest BCUT2D eigenvalue weighted by Gasteiger charge is -2.37. The zero-order valence-corrected chi connectivity index (χ0v) is 16.1. The van der Waals surface area contributed by atoms with Crippen LogP contribution in [0.5, 0.6) is 0 Å². The molecule has 3 rings (SSSR count). The highest BCUT2D eigenvalue weighted by atomic mass is 15.2. The van der Waals surface area contributed by atoms with Gasteiger partial charge in [0, 0.05) is 23.2 Å². The van der Waals surface area contributed by atoms with Crippen LogP contribution in [0.15, 0.2) is 48.5 Å². The topological polar surface area (TPSA) is 3.24 Å². The fourth-order valence-corrected chi connectivity index (χ4v) is 4.60. The van der Waals surface area contributed by atoms with Gasteiger partial charge < -0.3 is 4.90 Å². The number of nitrogens with zero attached hydrogens (tertiary/aromatic N) is 1. The second-order valence-corrected chi connectivity index (χ2v) is 8.67. The molecular formula is C23H31N. The number of hydrogen-bond donors (Lipinski definition) is 0. The third kappa shape index (κ3) is 2.85. The van der Waals surface area contributed by atoms with Crippen LogP contribution in [0.1, 0.15) is 63.6 Å². The highest BCUT2D eigenvalue weighted by Crippen LogP contribution is 2.47. The Morgan fingerprint density at radius 1 is 0.917 bits per heavy atom. The van der Waals surface area contributed by atoms with E-state index in [1.54, 1.807) is 0 Å². The third-order valence-corrected chi connectivity index (χ3v) is 5.69. The molecule has 0 aromatic heterocycles. The molecule has 128 valence electrons. The molecular weight excluding hydrogens is 290 g/mol. The largest absolute Gasteiger partial charge is 0.365 e. The van der Waals surface area contributed by atoms with Gasteiger partial charge in [0.1, 0.15) is 0 Å². The third-order valence-electron chi connectivity index (χ3n) is 5.69. The SMILES string of the molecule is Cc1cccc(C(C)C)c1N1C[C@@](C)(c2ccccc2)CC1(C)C. The molecule has 0 N–H and O–H groups in total. The van der Waals surface area contributed by atoms with E-state index in [0.29, 0.717) is 5.92 Å². The van der Waals surface area contributed by atoms with Gasteiger partial charge in [0.05, 0.1) is 0 Å². The molecule has 0 aliphatic carbocycles. The van der Waals surface area contributed by atoms with Crippen molar-refractivity contribution in [3.05, 3.63) is 65.2 Å². The Hall–Kier alpha value is -1.76. The van der Waals surface area contributed by atoms with Crippen molar-refractivity contribution >= 4 is 5.69 Å². The Balaban J connectivity index is 2.07. The minimum absolute atomic E-state index is 0.153. The molecule has 1 nitrogen and oxygen atoms in total. The second kappa shape index (κ2) is 5.95. The molecule has 2 aromatic carbocycles. The van der Waals surface area contributed by atoms with Gasteiger partial charge in [0.25, 0.3) is 0 Å². The van der Waals surface area contributed by atoms with Crippen molar-refractivity contribution in [2.75, 3.05) is 11.4 Å². The number of rotatable bonds is 3. The van der Waals surface area contributed by atoms with Crippen molar-refractivity contribution in [1.29, 1.82) is 0 Å². The van der Waals surface area contributed by atoms with Gasteiger partial charge in [0.15, 0.2) is 0 Å². The Morgan fingerprint density at radius 2 is 1.58 bits per heavy atom. The molecule has 1 fully saturated rings. The summed E-state index contributed by atoms with van der Waals surface area (Å²) in [5.41, 5.74) is 6.13. The van der Waals surface area contributed by atoms with Crippen LogP contribution in [-0.4, -0.2) is 12.1 Å². The van der Waals surface area contributed by atoms with E-state index in [0.717, 1.165) is 6.54 Å². The quantitative estimate of drug-likeness (QED) is 0.663. The monoisotopic (exact) mass is 321 g/mol. The van der Waals surface area contributed by atoms with Crippen LogP contribution in [-0.2, 0) is 5.41 Å². The fraction of sp³-hybridized carbons (Fsp3) is 0.478. The Morgan fingerprint density at radius 3 is 2.21 bits per heavy atom. The van der Waals surface area contributed by atoms with E-state index in [1.807, 2.05) is 0 Å². The van der Waals surface area contributed by atoms with Crippen molar-refractivity contribution in [2.24, 2.45) is 0 Å². The molecule has 1 heteroatoms. The zero-order chi connectivity index (χ0) is 17.5. The van der Waals surface area contributed by atoms with E-state index in [2.05, 4.69) is 95.0 Å². The average Bonchev–Trinajstić information content (AvgIpc) is 2.78. The van der Waals surface area contributed by atoms with Crippen LogP contribution in [0.3, 0.4) is 0 Å². The Kier molecular flexibility index (Phi) is 4.23. The Labute approximate surface area is 147 Å². The minimum Gasteiger partial charge on any atom is -0.365 e. The summed E-state index contributed by atoms with van der Waals surface area (Å²) < 4.78 is 0. The lowest BCUT2D eigenvalue weighted by atomic mass is 9.78. The maximum atomic E-state index is 2.67. The first-order chi connectivity index (χ1) is 11.2. The zero-order valence-electron chi connectivity index (χ0n) is 16.1. The summed E-state index contributed by atoms with van der Waals surface area (Å²) in [5.74, 6) is 0.541. The van der Waals surface area contributed by atoms with E-state index < -0.39 is 0 Å². The molecule has 2 aromatic rings. The van der Waals surface area contributed by atoms with Gasteiger partial charge in [-0.25, -0.2) is 0 Å². The molecule has 1 saturated heterocycles. The van der Waals surface area contributed by atoms with E-state index in [9.17, 15) is 0 Å². The van der Waals surface area contributed by atoms with Crippen molar-refractivity contribution < 1.29 is 0 Å². The van der Waals surface area contributed by atoms with Crippen LogP contribution in [0.25, 0.3) is 0 Å². The molecule has 0 amide bonds. The molecule has 1 aliphatic rings. The summed E-state index contributed by atoms with van der Waals surface area (Å²) in [6.45, 7) is 15.2. The first kappa shape index (κ1) is 17.1. The maximum absolute atomic E-state index is 2.67. The highest BCUT2D eigenvalue weighted by Gasteiger charge is 2.47. The van der Waals surface area contributed by atoms with Crippen molar-refractivity contribution in [3.63, 3.8) is 0 Å². The van der Waals surface area contributed by atoms with E-state index in [1.165, 1.54) is 28.8 Å². The Bertz CT molecular complexity index is 714. The van der Waals surface area contributed by atoms with Crippen LogP contribution in [0.4, 0.5) is 5.69 Å². The standard InChI is InChI=1S/C23H31N/c1-17(2)20-14-10-11-18(3)21(20)24-16-23(6,15-22(24,4)5)19-12-8-7-9-13-19/h7-14,17H,15-16H2,1-6H3/t23-/m0/s1. The molecule has 0 unspecified atom stereocenters. The summed E-state index contributed by atoms with van der Waals surface area (Å²) in [4.78, 5) is 2.67. The lowest BCUT2D eigenvalue weighted by Crippen LogP contribution is -2.39. The minimum atomic E-state index is 0.153. The maximum Gasteiger partial charge on any atom is 0.0435 e. The van der Waals surface area contributed by atoms with Gasteiger partial charge in [-0.05, 0) is 49.8 Å². The first-order valence-corrected chi connectivity index (χ1v) is 9.17. The normalized spacial score (nSPS) is 23.0. The smallest absolute Gasteiger partial charge is 0.0435 e. The summed E-state index contributed by atoms with van der Waals surface area (Å²) in [7, 11) is 0. The van der Waals surface area contributed by atoms with Gasteiger partial charge in [0.2, 0.25) is 0 Å². The average molecular weight is 322 g/mol. The van der Waals surface area contributed by atoms with Gasteiger partial charge in [-0.1, -0.05) is 69.3 Å². The van der Waals surface area contributed by atoms with Crippen LogP contribution >= 0.6 is 0 Å². The van der Waals surface area contributed by atoms with E-state index >= 15 is 0 Å². The van der Waals surface area contributed by atoms with E-state index in [4.69, 9.17) is 0 Å². The molecule has 1 heterocycles. The molecule has 0 spiro atoms. The van der Waals surface area contributed by atoms with Gasteiger partial charge >= 0.3 is 0 Å². The summed E-state index contributed by atoms with van der Waals surface area (Å²) in [5, 5.41) is 0. The number of para-hydroxylation sites is 1. The van der Waals surface area contributed by atoms with Crippen molar-refractivity contribution in [3.8, 4) is 0 Å². The molecule has 24 heavy (non-hydrogen) atoms. The van der Waals surface area contributed by atoms with Crippen LogP contribution in [0, 0.1) is 6.92 Å². The van der Waals surface area contributed by atoms with Gasteiger partial charge in [-0.3, -0.25) is 0 Å². The molecule has 0 saturated carbocycles. The van der Waals surface area contributed by atoms with Gasteiger partial charge in [-0.15, -0.1) is 0 Å². The number of hydrogen-bond acceptors (Lipinski definition) is 1. The summed E-state index contributed by atoms with van der Waals surface area (Å²) >= 11 is 0. The van der Waals surface area contributed by atoms with Crippen LogP contribution in [0.2, 0.25) is 0 Å². The predicted octanol–water partition coefficient (Wildman–Crippen LogP) is 6.07. The van der Waals surface area contributed by atoms with Crippen LogP contribution < -0.4 is 4.90 Å².